The molecule has 0 spiro atoms. The lowest BCUT2D eigenvalue weighted by atomic mass is 10.0. The van der Waals surface area contributed by atoms with Crippen molar-refractivity contribution in [2.24, 2.45) is 5.92 Å². The molecule has 1 saturated carbocycles. The van der Waals surface area contributed by atoms with Gasteiger partial charge < -0.3 is 10.0 Å². The standard InChI is InChI=1S/C15H17NO3/c17-12-6-5-10(7-12)14(18)9-16-8-11-3-1-2-4-13(11)15(16)19/h1-4,10,12,17H,5-9H2. The molecule has 1 aromatic rings. The molecule has 2 unspecified atom stereocenters. The van der Waals surface area contributed by atoms with Crippen molar-refractivity contribution < 1.29 is 14.7 Å². The van der Waals surface area contributed by atoms with Crippen LogP contribution in [0.5, 0.6) is 0 Å². The van der Waals surface area contributed by atoms with Crippen molar-refractivity contribution >= 4 is 11.7 Å². The predicted octanol–water partition coefficient (Wildman–Crippen LogP) is 1.37. The van der Waals surface area contributed by atoms with E-state index in [1.165, 1.54) is 0 Å². The number of benzene rings is 1. The fourth-order valence-electron chi connectivity index (χ4n) is 3.01. The topological polar surface area (TPSA) is 57.6 Å². The molecule has 1 aliphatic carbocycles. The van der Waals surface area contributed by atoms with Crippen LogP contribution in [0.25, 0.3) is 0 Å². The summed E-state index contributed by atoms with van der Waals surface area (Å²) >= 11 is 0. The van der Waals surface area contributed by atoms with Gasteiger partial charge in [0.25, 0.3) is 5.91 Å². The molecule has 0 bridgehead atoms. The molecule has 19 heavy (non-hydrogen) atoms. The Hall–Kier alpha value is -1.68. The Bertz CT molecular complexity index is 526. The number of nitrogens with zero attached hydrogens (tertiary/aromatic N) is 1. The Labute approximate surface area is 112 Å². The number of fused-ring (bicyclic) bond motifs is 1. The molecule has 2 aliphatic rings. The third-order valence-corrected chi connectivity index (χ3v) is 4.10. The normalized spacial score (nSPS) is 25.7. The molecule has 1 heterocycles. The zero-order valence-electron chi connectivity index (χ0n) is 10.7. The molecule has 1 amide bonds. The van der Waals surface area contributed by atoms with E-state index in [-0.39, 0.29) is 30.3 Å². The lowest BCUT2D eigenvalue weighted by Gasteiger charge is -2.17. The van der Waals surface area contributed by atoms with Gasteiger partial charge >= 0.3 is 0 Å². The quantitative estimate of drug-likeness (QED) is 0.892. The number of amides is 1. The highest BCUT2D eigenvalue weighted by molar-refractivity contribution is 6.00. The number of hydrogen-bond acceptors (Lipinski definition) is 3. The molecule has 4 nitrogen and oxygen atoms in total. The molecule has 1 aliphatic heterocycles. The maximum Gasteiger partial charge on any atom is 0.254 e. The van der Waals surface area contributed by atoms with Crippen LogP contribution in [-0.2, 0) is 11.3 Å². The van der Waals surface area contributed by atoms with E-state index in [2.05, 4.69) is 0 Å². The first-order chi connectivity index (χ1) is 9.15. The summed E-state index contributed by atoms with van der Waals surface area (Å²) in [5.41, 5.74) is 1.70. The van der Waals surface area contributed by atoms with Gasteiger partial charge in [-0.25, -0.2) is 0 Å². The van der Waals surface area contributed by atoms with Gasteiger partial charge in [-0.2, -0.15) is 0 Å². The van der Waals surface area contributed by atoms with E-state index in [4.69, 9.17) is 0 Å². The molecule has 4 heteroatoms. The van der Waals surface area contributed by atoms with Gasteiger partial charge in [0, 0.05) is 18.0 Å². The van der Waals surface area contributed by atoms with E-state index in [0.717, 1.165) is 12.0 Å². The van der Waals surface area contributed by atoms with Crippen LogP contribution in [0.15, 0.2) is 24.3 Å². The van der Waals surface area contributed by atoms with Crippen LogP contribution in [0.1, 0.15) is 35.2 Å². The zero-order chi connectivity index (χ0) is 13.4. The molecular weight excluding hydrogens is 242 g/mol. The summed E-state index contributed by atoms with van der Waals surface area (Å²) in [4.78, 5) is 25.9. The minimum Gasteiger partial charge on any atom is -0.393 e. The number of hydrogen-bond donors (Lipinski definition) is 1. The molecule has 2 atom stereocenters. The fourth-order valence-corrected chi connectivity index (χ4v) is 3.01. The Kier molecular flexibility index (Phi) is 3.11. The molecule has 0 aromatic heterocycles. The molecule has 0 saturated heterocycles. The highest BCUT2D eigenvalue weighted by Crippen LogP contribution is 2.28. The smallest absolute Gasteiger partial charge is 0.254 e. The number of rotatable bonds is 3. The largest absolute Gasteiger partial charge is 0.393 e. The van der Waals surface area contributed by atoms with Crippen molar-refractivity contribution in [1.82, 2.24) is 4.90 Å². The van der Waals surface area contributed by atoms with Crippen LogP contribution in [-0.4, -0.2) is 34.3 Å². The Balaban J connectivity index is 1.66. The summed E-state index contributed by atoms with van der Waals surface area (Å²) in [6.45, 7) is 0.695. The Morgan fingerprint density at radius 2 is 2.11 bits per heavy atom. The first-order valence-corrected chi connectivity index (χ1v) is 6.73. The first kappa shape index (κ1) is 12.4. The van der Waals surface area contributed by atoms with E-state index in [9.17, 15) is 14.7 Å². The lowest BCUT2D eigenvalue weighted by molar-refractivity contribution is -0.123. The minimum atomic E-state index is -0.347. The molecule has 100 valence electrons. The number of carbonyl (C=O) groups excluding carboxylic acids is 2. The molecule has 1 aromatic carbocycles. The van der Waals surface area contributed by atoms with Crippen LogP contribution in [0.3, 0.4) is 0 Å². The summed E-state index contributed by atoms with van der Waals surface area (Å²) in [5.74, 6) is -0.0493. The maximum absolute atomic E-state index is 12.1. The minimum absolute atomic E-state index is 0.0532. The third kappa shape index (κ3) is 2.28. The second-order valence-corrected chi connectivity index (χ2v) is 5.45. The van der Waals surface area contributed by atoms with Crippen molar-refractivity contribution in [3.8, 4) is 0 Å². The molecule has 1 fully saturated rings. The highest BCUT2D eigenvalue weighted by Gasteiger charge is 2.33. The summed E-state index contributed by atoms with van der Waals surface area (Å²) in [6, 6.07) is 7.48. The van der Waals surface area contributed by atoms with Gasteiger partial charge in [-0.05, 0) is 30.9 Å². The molecule has 0 radical (unpaired) electrons. The average Bonchev–Trinajstić information content (AvgIpc) is 2.96. The SMILES string of the molecule is O=C(CN1Cc2ccccc2C1=O)C1CCC(O)C1. The summed E-state index contributed by atoms with van der Waals surface area (Å²) in [7, 11) is 0. The number of ketones is 1. The summed E-state index contributed by atoms with van der Waals surface area (Å²) < 4.78 is 0. The van der Waals surface area contributed by atoms with E-state index in [0.29, 0.717) is 24.9 Å². The third-order valence-electron chi connectivity index (χ3n) is 4.10. The Morgan fingerprint density at radius 3 is 2.79 bits per heavy atom. The highest BCUT2D eigenvalue weighted by atomic mass is 16.3. The van der Waals surface area contributed by atoms with Crippen LogP contribution in [0.2, 0.25) is 0 Å². The first-order valence-electron chi connectivity index (χ1n) is 6.73. The Morgan fingerprint density at radius 1 is 1.32 bits per heavy atom. The van der Waals surface area contributed by atoms with Crippen molar-refractivity contribution in [2.45, 2.75) is 31.9 Å². The van der Waals surface area contributed by atoms with Crippen LogP contribution in [0, 0.1) is 5.92 Å². The maximum atomic E-state index is 12.1. The van der Waals surface area contributed by atoms with E-state index < -0.39 is 0 Å². The van der Waals surface area contributed by atoms with Crippen LogP contribution >= 0.6 is 0 Å². The molecule has 1 N–H and O–H groups in total. The van der Waals surface area contributed by atoms with Gasteiger partial charge in [-0.3, -0.25) is 9.59 Å². The zero-order valence-corrected chi connectivity index (χ0v) is 10.7. The lowest BCUT2D eigenvalue weighted by Crippen LogP contribution is -2.33. The summed E-state index contributed by atoms with van der Waals surface area (Å²) in [6.07, 6.45) is 1.65. The molecular formula is C15H17NO3. The van der Waals surface area contributed by atoms with Crippen molar-refractivity contribution in [3.63, 3.8) is 0 Å². The van der Waals surface area contributed by atoms with Gasteiger partial charge in [0.1, 0.15) is 0 Å². The van der Waals surface area contributed by atoms with Gasteiger partial charge in [0.15, 0.2) is 5.78 Å². The van der Waals surface area contributed by atoms with Gasteiger partial charge in [0.05, 0.1) is 12.6 Å². The second-order valence-electron chi connectivity index (χ2n) is 5.45. The fraction of sp³-hybridized carbons (Fsp3) is 0.467. The number of aliphatic hydroxyl groups excluding tert-OH is 1. The van der Waals surface area contributed by atoms with Crippen LogP contribution < -0.4 is 0 Å². The number of carbonyl (C=O) groups is 2. The van der Waals surface area contributed by atoms with E-state index >= 15 is 0 Å². The van der Waals surface area contributed by atoms with Gasteiger partial charge in [0.2, 0.25) is 0 Å². The predicted molar refractivity (Wildman–Crippen MR) is 69.5 cm³/mol. The van der Waals surface area contributed by atoms with E-state index in [1.54, 1.807) is 4.90 Å². The van der Waals surface area contributed by atoms with Gasteiger partial charge in [-0.1, -0.05) is 18.2 Å². The molecule has 3 rings (SSSR count). The monoisotopic (exact) mass is 259 g/mol. The van der Waals surface area contributed by atoms with E-state index in [1.807, 2.05) is 24.3 Å². The number of Topliss-reactive ketones (excluding diaryl/α,β-unsaturated/α-hetero) is 1. The second kappa shape index (κ2) is 4.78. The van der Waals surface area contributed by atoms with Crippen molar-refractivity contribution in [1.29, 1.82) is 0 Å². The summed E-state index contributed by atoms with van der Waals surface area (Å²) in [5, 5.41) is 9.47. The number of aliphatic hydroxyl groups is 1. The van der Waals surface area contributed by atoms with Crippen LogP contribution in [0.4, 0.5) is 0 Å². The van der Waals surface area contributed by atoms with Gasteiger partial charge in [-0.15, -0.1) is 0 Å². The van der Waals surface area contributed by atoms with Crippen molar-refractivity contribution in [2.75, 3.05) is 6.54 Å². The van der Waals surface area contributed by atoms with Crippen molar-refractivity contribution in [3.05, 3.63) is 35.4 Å². The average molecular weight is 259 g/mol.